The van der Waals surface area contributed by atoms with E-state index in [2.05, 4.69) is 32.8 Å². The van der Waals surface area contributed by atoms with E-state index in [4.69, 9.17) is 0 Å². The van der Waals surface area contributed by atoms with Crippen molar-refractivity contribution < 1.29 is 9.53 Å². The third kappa shape index (κ3) is 3.52. The molecule has 88 valence electrons. The van der Waals surface area contributed by atoms with Gasteiger partial charge in [-0.25, -0.2) is 0 Å². The lowest BCUT2D eigenvalue weighted by atomic mass is 10.2. The largest absolute Gasteiger partial charge is 0.469 e. The average Bonchev–Trinajstić information content (AvgIpc) is 2.25. The molecule has 1 aromatic rings. The van der Waals surface area contributed by atoms with Crippen LogP contribution < -0.4 is 4.90 Å². The molecule has 0 aliphatic carbocycles. The number of esters is 1. The highest BCUT2D eigenvalue weighted by molar-refractivity contribution is 9.10. The summed E-state index contributed by atoms with van der Waals surface area (Å²) in [5, 5.41) is 0. The van der Waals surface area contributed by atoms with Gasteiger partial charge in [-0.1, -0.05) is 6.07 Å². The van der Waals surface area contributed by atoms with Crippen LogP contribution in [0.5, 0.6) is 0 Å². The van der Waals surface area contributed by atoms with Crippen molar-refractivity contribution in [1.82, 2.24) is 0 Å². The highest BCUT2D eigenvalue weighted by Crippen LogP contribution is 2.26. The molecule has 0 spiro atoms. The van der Waals surface area contributed by atoms with Gasteiger partial charge in [-0.15, -0.1) is 0 Å². The van der Waals surface area contributed by atoms with Gasteiger partial charge in [0.05, 0.1) is 19.2 Å². The highest BCUT2D eigenvalue weighted by atomic mass is 79.9. The van der Waals surface area contributed by atoms with Crippen LogP contribution in [0.1, 0.15) is 12.0 Å². The summed E-state index contributed by atoms with van der Waals surface area (Å²) in [7, 11) is 3.36. The molecule has 0 radical (unpaired) electrons. The molecule has 0 aliphatic rings. The highest BCUT2D eigenvalue weighted by Gasteiger charge is 2.08. The molecule has 4 heteroatoms. The van der Waals surface area contributed by atoms with Crippen LogP contribution in [-0.2, 0) is 9.53 Å². The second-order valence-corrected chi connectivity index (χ2v) is 4.56. The van der Waals surface area contributed by atoms with Crippen LogP contribution in [0.2, 0.25) is 0 Å². The number of aryl methyl sites for hydroxylation is 1. The van der Waals surface area contributed by atoms with Gasteiger partial charge < -0.3 is 9.64 Å². The third-order valence-electron chi connectivity index (χ3n) is 2.39. The van der Waals surface area contributed by atoms with Crippen LogP contribution in [0.4, 0.5) is 5.69 Å². The molecule has 0 saturated heterocycles. The van der Waals surface area contributed by atoms with Crippen LogP contribution in [0.3, 0.4) is 0 Å². The molecule has 0 aromatic heterocycles. The number of halogens is 1. The zero-order chi connectivity index (χ0) is 12.1. The average molecular weight is 286 g/mol. The third-order valence-corrected chi connectivity index (χ3v) is 3.03. The summed E-state index contributed by atoms with van der Waals surface area (Å²) in [4.78, 5) is 13.1. The second kappa shape index (κ2) is 5.89. The van der Waals surface area contributed by atoms with Gasteiger partial charge in [0.15, 0.2) is 0 Å². The lowest BCUT2D eigenvalue weighted by Gasteiger charge is -2.20. The summed E-state index contributed by atoms with van der Waals surface area (Å²) in [6.07, 6.45) is 0.396. The number of nitrogens with zero attached hydrogens (tertiary/aromatic N) is 1. The number of hydrogen-bond donors (Lipinski definition) is 0. The standard InChI is InChI=1S/C12H16BrNO2/c1-9-4-5-11(10(13)8-9)14(2)7-6-12(15)16-3/h4-5,8H,6-7H2,1-3H3. The van der Waals surface area contributed by atoms with Gasteiger partial charge >= 0.3 is 5.97 Å². The number of hydrogen-bond acceptors (Lipinski definition) is 3. The number of carbonyl (C=O) groups excluding carboxylic acids is 1. The van der Waals surface area contributed by atoms with Gasteiger partial charge in [-0.05, 0) is 40.5 Å². The Morgan fingerprint density at radius 3 is 2.75 bits per heavy atom. The van der Waals surface area contributed by atoms with E-state index >= 15 is 0 Å². The number of benzene rings is 1. The van der Waals surface area contributed by atoms with E-state index in [-0.39, 0.29) is 5.97 Å². The Morgan fingerprint density at radius 2 is 2.19 bits per heavy atom. The molecule has 0 amide bonds. The fourth-order valence-electron chi connectivity index (χ4n) is 1.40. The maximum absolute atomic E-state index is 11.0. The maximum atomic E-state index is 11.0. The van der Waals surface area contributed by atoms with Gasteiger partial charge in [0.2, 0.25) is 0 Å². The lowest BCUT2D eigenvalue weighted by Crippen LogP contribution is -2.21. The van der Waals surface area contributed by atoms with Crippen LogP contribution >= 0.6 is 15.9 Å². The molecule has 3 nitrogen and oxygen atoms in total. The summed E-state index contributed by atoms with van der Waals surface area (Å²) in [5.74, 6) is -0.185. The van der Waals surface area contributed by atoms with Crippen molar-refractivity contribution in [2.45, 2.75) is 13.3 Å². The predicted octanol–water partition coefficient (Wildman–Crippen LogP) is 2.76. The van der Waals surface area contributed by atoms with Crippen LogP contribution in [0.15, 0.2) is 22.7 Å². The van der Waals surface area contributed by atoms with Gasteiger partial charge in [0.25, 0.3) is 0 Å². The van der Waals surface area contributed by atoms with E-state index in [1.54, 1.807) is 0 Å². The molecule has 0 saturated carbocycles. The molecule has 0 N–H and O–H groups in total. The van der Waals surface area contributed by atoms with E-state index in [1.807, 2.05) is 24.9 Å². The van der Waals surface area contributed by atoms with Crippen molar-refractivity contribution >= 4 is 27.6 Å². The molecule has 16 heavy (non-hydrogen) atoms. The zero-order valence-corrected chi connectivity index (χ0v) is 11.4. The SMILES string of the molecule is COC(=O)CCN(C)c1ccc(C)cc1Br. The van der Waals surface area contributed by atoms with Crippen molar-refractivity contribution in [3.63, 3.8) is 0 Å². The molecule has 0 bridgehead atoms. The first-order valence-corrected chi connectivity index (χ1v) is 5.88. The van der Waals surface area contributed by atoms with Gasteiger partial charge in [0.1, 0.15) is 0 Å². The first kappa shape index (κ1) is 13.0. The van der Waals surface area contributed by atoms with Crippen LogP contribution in [-0.4, -0.2) is 26.7 Å². The molecular weight excluding hydrogens is 270 g/mol. The fourth-order valence-corrected chi connectivity index (χ4v) is 2.20. The quantitative estimate of drug-likeness (QED) is 0.797. The normalized spacial score (nSPS) is 10.0. The maximum Gasteiger partial charge on any atom is 0.307 e. The molecule has 0 aliphatic heterocycles. The van der Waals surface area contributed by atoms with Crippen molar-refractivity contribution in [2.24, 2.45) is 0 Å². The van der Waals surface area contributed by atoms with Gasteiger partial charge in [-0.2, -0.15) is 0 Å². The lowest BCUT2D eigenvalue weighted by molar-refractivity contribution is -0.140. The van der Waals surface area contributed by atoms with E-state index in [0.29, 0.717) is 13.0 Å². The molecule has 0 unspecified atom stereocenters. The van der Waals surface area contributed by atoms with E-state index in [9.17, 15) is 4.79 Å². The number of methoxy groups -OCH3 is 1. The Bertz CT molecular complexity index is 379. The van der Waals surface area contributed by atoms with E-state index in [0.717, 1.165) is 10.2 Å². The van der Waals surface area contributed by atoms with Crippen molar-refractivity contribution in [3.05, 3.63) is 28.2 Å². The number of ether oxygens (including phenoxy) is 1. The molecule has 0 atom stereocenters. The summed E-state index contributed by atoms with van der Waals surface area (Å²) in [5.41, 5.74) is 2.28. The Morgan fingerprint density at radius 1 is 1.50 bits per heavy atom. The molecule has 1 rings (SSSR count). The summed E-state index contributed by atoms with van der Waals surface area (Å²) in [6, 6.07) is 6.15. The first-order chi connectivity index (χ1) is 7.54. The van der Waals surface area contributed by atoms with Crippen LogP contribution in [0.25, 0.3) is 0 Å². The summed E-state index contributed by atoms with van der Waals surface area (Å²) < 4.78 is 5.65. The molecular formula is C12H16BrNO2. The van der Waals surface area contributed by atoms with E-state index < -0.39 is 0 Å². The van der Waals surface area contributed by atoms with Crippen molar-refractivity contribution in [3.8, 4) is 0 Å². The number of anilines is 1. The fraction of sp³-hybridized carbons (Fsp3) is 0.417. The minimum atomic E-state index is -0.185. The summed E-state index contributed by atoms with van der Waals surface area (Å²) in [6.45, 7) is 2.69. The zero-order valence-electron chi connectivity index (χ0n) is 9.79. The molecule has 1 aromatic carbocycles. The van der Waals surface area contributed by atoms with Crippen LogP contribution in [0, 0.1) is 6.92 Å². The smallest absolute Gasteiger partial charge is 0.307 e. The van der Waals surface area contributed by atoms with Crippen molar-refractivity contribution in [2.75, 3.05) is 25.6 Å². The first-order valence-electron chi connectivity index (χ1n) is 5.08. The Labute approximate surface area is 105 Å². The Kier molecular flexibility index (Phi) is 4.80. The second-order valence-electron chi connectivity index (χ2n) is 3.70. The van der Waals surface area contributed by atoms with Gasteiger partial charge in [0, 0.05) is 18.1 Å². The predicted molar refractivity (Wildman–Crippen MR) is 68.8 cm³/mol. The topological polar surface area (TPSA) is 29.5 Å². The van der Waals surface area contributed by atoms with Gasteiger partial charge in [-0.3, -0.25) is 4.79 Å². The minimum absolute atomic E-state index is 0.185. The molecule has 0 fully saturated rings. The summed E-state index contributed by atoms with van der Waals surface area (Å²) >= 11 is 3.51. The monoisotopic (exact) mass is 285 g/mol. The minimum Gasteiger partial charge on any atom is -0.469 e. The number of rotatable bonds is 4. The molecule has 0 heterocycles. The van der Waals surface area contributed by atoms with E-state index in [1.165, 1.54) is 12.7 Å². The number of carbonyl (C=O) groups is 1. The van der Waals surface area contributed by atoms with Crippen molar-refractivity contribution in [1.29, 1.82) is 0 Å². The Hall–Kier alpha value is -1.03. The Balaban J connectivity index is 2.65.